The molecule has 1 aliphatic heterocycles. The summed E-state index contributed by atoms with van der Waals surface area (Å²) in [5.74, 6) is -0.225. The lowest BCUT2D eigenvalue weighted by atomic mass is 10.2. The molecule has 0 aromatic heterocycles. The Morgan fingerprint density at radius 2 is 1.82 bits per heavy atom. The molecule has 6 nitrogen and oxygen atoms in total. The van der Waals surface area contributed by atoms with E-state index in [1.165, 1.54) is 6.07 Å². The van der Waals surface area contributed by atoms with Crippen molar-refractivity contribution in [3.8, 4) is 11.5 Å². The second-order valence-electron chi connectivity index (χ2n) is 4.05. The molecule has 6 heteroatoms. The minimum Gasteiger partial charge on any atom is -0.504 e. The van der Waals surface area contributed by atoms with Gasteiger partial charge in [0.25, 0.3) is 0 Å². The number of anilines is 1. The molecule has 0 amide bonds. The monoisotopic (exact) mass is 237 g/mol. The Morgan fingerprint density at radius 3 is 2.41 bits per heavy atom. The van der Waals surface area contributed by atoms with Gasteiger partial charge in [0.1, 0.15) is 6.67 Å². The van der Waals surface area contributed by atoms with Gasteiger partial charge >= 0.3 is 0 Å². The van der Waals surface area contributed by atoms with E-state index in [1.54, 1.807) is 12.1 Å². The highest BCUT2D eigenvalue weighted by molar-refractivity contribution is 5.55. The molecule has 0 bridgehead atoms. The fourth-order valence-corrected chi connectivity index (χ4v) is 1.94. The van der Waals surface area contributed by atoms with E-state index in [0.29, 0.717) is 0 Å². The Kier molecular flexibility index (Phi) is 3.43. The molecule has 1 fully saturated rings. The number of hydrogen-bond acceptors (Lipinski definition) is 6. The highest BCUT2D eigenvalue weighted by Gasteiger charge is 2.17. The largest absolute Gasteiger partial charge is 0.504 e. The average molecular weight is 237 g/mol. The number of benzene rings is 1. The maximum absolute atomic E-state index is 10.1. The third kappa shape index (κ3) is 2.65. The van der Waals surface area contributed by atoms with Crippen LogP contribution in [0.4, 0.5) is 5.69 Å². The lowest BCUT2D eigenvalue weighted by Crippen LogP contribution is -2.46. The molecule has 0 radical (unpaired) electrons. The van der Waals surface area contributed by atoms with Crippen LogP contribution in [-0.2, 0) is 0 Å². The topological polar surface area (TPSA) is 76.4 Å². The summed E-state index contributed by atoms with van der Waals surface area (Å²) in [7, 11) is 0. The molecule has 92 valence electrons. The number of nitrogens with zero attached hydrogens (tertiary/aromatic N) is 3. The summed E-state index contributed by atoms with van der Waals surface area (Å²) in [6, 6.07) is 4.79. The van der Waals surface area contributed by atoms with Crippen LogP contribution in [0.2, 0.25) is 0 Å². The summed E-state index contributed by atoms with van der Waals surface area (Å²) in [4.78, 5) is 14.2. The van der Waals surface area contributed by atoms with Gasteiger partial charge in [0.05, 0.1) is 0 Å². The molecule has 0 saturated carbocycles. The molecule has 1 aromatic carbocycles. The number of hydrogen-bond donors (Lipinski definition) is 2. The van der Waals surface area contributed by atoms with Crippen molar-refractivity contribution in [3.63, 3.8) is 0 Å². The Bertz CT molecular complexity index is 403. The number of nitroso groups, excluding NO2 is 1. The zero-order valence-electron chi connectivity index (χ0n) is 9.41. The normalized spacial score (nSPS) is 17.1. The summed E-state index contributed by atoms with van der Waals surface area (Å²) >= 11 is 0. The molecule has 2 rings (SSSR count). The van der Waals surface area contributed by atoms with E-state index >= 15 is 0 Å². The fraction of sp³-hybridized carbons (Fsp3) is 0.455. The van der Waals surface area contributed by atoms with Crippen molar-refractivity contribution < 1.29 is 10.2 Å². The van der Waals surface area contributed by atoms with Crippen LogP contribution in [-0.4, -0.2) is 48.0 Å². The summed E-state index contributed by atoms with van der Waals surface area (Å²) < 4.78 is 0. The zero-order valence-corrected chi connectivity index (χ0v) is 9.41. The van der Waals surface area contributed by atoms with Crippen LogP contribution < -0.4 is 4.90 Å². The van der Waals surface area contributed by atoms with E-state index in [4.69, 9.17) is 0 Å². The standard InChI is InChI=1S/C11H15N3O3/c15-10-2-1-9(7-11(10)16)14-5-3-13(4-6-14)8-12-17/h1-2,7,15-16H,3-6,8H2. The molecule has 2 N–H and O–H groups in total. The Hall–Kier alpha value is -1.82. The number of piperazine rings is 1. The van der Waals surface area contributed by atoms with Gasteiger partial charge in [-0.25, -0.2) is 0 Å². The van der Waals surface area contributed by atoms with Gasteiger partial charge in [0, 0.05) is 37.9 Å². The second kappa shape index (κ2) is 5.01. The van der Waals surface area contributed by atoms with Crippen molar-refractivity contribution in [3.05, 3.63) is 23.1 Å². The summed E-state index contributed by atoms with van der Waals surface area (Å²) in [5.41, 5.74) is 0.874. The van der Waals surface area contributed by atoms with Crippen molar-refractivity contribution in [1.82, 2.24) is 4.90 Å². The molecule has 0 aliphatic carbocycles. The lowest BCUT2D eigenvalue weighted by molar-refractivity contribution is 0.265. The molecule has 0 atom stereocenters. The molecule has 0 spiro atoms. The average Bonchev–Trinajstić information content (AvgIpc) is 2.34. The highest BCUT2D eigenvalue weighted by Crippen LogP contribution is 2.29. The minimum atomic E-state index is -0.113. The summed E-state index contributed by atoms with van der Waals surface area (Å²) in [6.45, 7) is 3.33. The van der Waals surface area contributed by atoms with Crippen LogP contribution in [0.25, 0.3) is 0 Å². The number of phenolic OH excluding ortho intramolecular Hbond substituents is 2. The van der Waals surface area contributed by atoms with Gasteiger partial charge in [0.15, 0.2) is 11.5 Å². The maximum atomic E-state index is 10.1. The predicted octanol–water partition coefficient (Wildman–Crippen LogP) is 0.944. The van der Waals surface area contributed by atoms with E-state index < -0.39 is 0 Å². The van der Waals surface area contributed by atoms with Crippen LogP contribution in [0, 0.1) is 4.91 Å². The first-order chi connectivity index (χ1) is 8.20. The Labute approximate surface area is 99.1 Å². The van der Waals surface area contributed by atoms with Gasteiger partial charge in [-0.3, -0.25) is 4.90 Å². The van der Waals surface area contributed by atoms with E-state index in [-0.39, 0.29) is 18.2 Å². The van der Waals surface area contributed by atoms with E-state index in [2.05, 4.69) is 10.1 Å². The molecule has 0 unspecified atom stereocenters. The molecule has 1 aromatic rings. The smallest absolute Gasteiger partial charge is 0.159 e. The van der Waals surface area contributed by atoms with Crippen LogP contribution in [0.1, 0.15) is 0 Å². The van der Waals surface area contributed by atoms with Crippen molar-refractivity contribution >= 4 is 5.69 Å². The zero-order chi connectivity index (χ0) is 12.3. The highest BCUT2D eigenvalue weighted by atomic mass is 16.3. The molecule has 1 heterocycles. The number of aromatic hydroxyl groups is 2. The number of phenols is 2. The maximum Gasteiger partial charge on any atom is 0.159 e. The first-order valence-electron chi connectivity index (χ1n) is 5.49. The molecule has 1 aliphatic rings. The molecule has 17 heavy (non-hydrogen) atoms. The Balaban J connectivity index is 2.00. The quantitative estimate of drug-likeness (QED) is 0.604. The van der Waals surface area contributed by atoms with Crippen LogP contribution in [0.3, 0.4) is 0 Å². The van der Waals surface area contributed by atoms with E-state index in [0.717, 1.165) is 31.9 Å². The van der Waals surface area contributed by atoms with Crippen molar-refractivity contribution in [2.24, 2.45) is 5.18 Å². The molecular formula is C11H15N3O3. The molecule has 1 saturated heterocycles. The second-order valence-corrected chi connectivity index (χ2v) is 4.05. The van der Waals surface area contributed by atoms with Crippen molar-refractivity contribution in [1.29, 1.82) is 0 Å². The molecular weight excluding hydrogens is 222 g/mol. The van der Waals surface area contributed by atoms with E-state index in [9.17, 15) is 15.1 Å². The van der Waals surface area contributed by atoms with Gasteiger partial charge in [-0.2, -0.15) is 0 Å². The number of rotatable bonds is 3. The van der Waals surface area contributed by atoms with Gasteiger partial charge in [-0.15, -0.1) is 4.91 Å². The van der Waals surface area contributed by atoms with Crippen molar-refractivity contribution in [2.45, 2.75) is 0 Å². The predicted molar refractivity (Wildman–Crippen MR) is 64.2 cm³/mol. The lowest BCUT2D eigenvalue weighted by Gasteiger charge is -2.34. The Morgan fingerprint density at radius 1 is 1.12 bits per heavy atom. The summed E-state index contributed by atoms with van der Waals surface area (Å²) in [5, 5.41) is 21.5. The fourth-order valence-electron chi connectivity index (χ4n) is 1.94. The van der Waals surface area contributed by atoms with Gasteiger partial charge in [-0.05, 0) is 12.1 Å². The third-order valence-corrected chi connectivity index (χ3v) is 2.95. The van der Waals surface area contributed by atoms with Crippen molar-refractivity contribution in [2.75, 3.05) is 37.7 Å². The van der Waals surface area contributed by atoms with E-state index in [1.807, 2.05) is 4.90 Å². The van der Waals surface area contributed by atoms with Crippen LogP contribution in [0.5, 0.6) is 11.5 Å². The van der Waals surface area contributed by atoms with Gasteiger partial charge in [-0.1, -0.05) is 5.18 Å². The van der Waals surface area contributed by atoms with Gasteiger partial charge in [0.2, 0.25) is 0 Å². The minimum absolute atomic E-state index is 0.112. The van der Waals surface area contributed by atoms with Gasteiger partial charge < -0.3 is 15.1 Å². The third-order valence-electron chi connectivity index (χ3n) is 2.95. The van der Waals surface area contributed by atoms with Crippen LogP contribution in [0.15, 0.2) is 23.4 Å². The first kappa shape index (κ1) is 11.7. The first-order valence-corrected chi connectivity index (χ1v) is 5.49. The SMILES string of the molecule is O=NCN1CCN(c2ccc(O)c(O)c2)CC1. The van der Waals surface area contributed by atoms with Crippen LogP contribution >= 0.6 is 0 Å². The summed E-state index contributed by atoms with van der Waals surface area (Å²) in [6.07, 6.45) is 0.